The summed E-state index contributed by atoms with van der Waals surface area (Å²) in [6.07, 6.45) is 2.77. The highest BCUT2D eigenvalue weighted by atomic mass is 35.5. The minimum Gasteiger partial charge on any atom is -0.454 e. The molecule has 1 aromatic rings. The van der Waals surface area contributed by atoms with E-state index < -0.39 is 0 Å². The first-order valence-electron chi connectivity index (χ1n) is 8.10. The Morgan fingerprint density at radius 2 is 2.09 bits per heavy atom. The SMILES string of the molecule is Cl.c1cc2c(cc1C1NNCC1CNCC1CCCO1)OCO2. The number of hydrogen-bond acceptors (Lipinski definition) is 6. The lowest BCUT2D eigenvalue weighted by Gasteiger charge is -2.20. The fourth-order valence-corrected chi connectivity index (χ4v) is 3.42. The average Bonchev–Trinajstić information content (AvgIpc) is 3.28. The van der Waals surface area contributed by atoms with Gasteiger partial charge in [-0.3, -0.25) is 5.43 Å². The Hall–Kier alpha value is -1.05. The zero-order valence-corrected chi connectivity index (χ0v) is 13.9. The van der Waals surface area contributed by atoms with E-state index in [0.29, 0.717) is 18.8 Å². The number of nitrogens with one attached hydrogen (secondary N) is 3. The van der Waals surface area contributed by atoms with Crippen LogP contribution in [-0.2, 0) is 4.74 Å². The van der Waals surface area contributed by atoms with E-state index in [0.717, 1.165) is 37.7 Å². The molecule has 23 heavy (non-hydrogen) atoms. The second-order valence-electron chi connectivity index (χ2n) is 6.17. The molecule has 0 aliphatic carbocycles. The van der Waals surface area contributed by atoms with Crippen molar-refractivity contribution >= 4 is 12.4 Å². The molecule has 0 radical (unpaired) electrons. The standard InChI is InChI=1S/C16H23N3O3.ClH/c1-2-13(20-5-1)9-17-7-12-8-18-19-16(12)11-3-4-14-15(6-11)22-10-21-14;/h3-4,6,12-13,16-19H,1-2,5,7-10H2;1H. The topological polar surface area (TPSA) is 63.8 Å². The molecule has 0 bridgehead atoms. The van der Waals surface area contributed by atoms with Gasteiger partial charge >= 0.3 is 0 Å². The molecule has 3 aliphatic rings. The molecule has 4 rings (SSSR count). The number of hydrogen-bond donors (Lipinski definition) is 3. The van der Waals surface area contributed by atoms with E-state index in [1.54, 1.807) is 0 Å². The summed E-state index contributed by atoms with van der Waals surface area (Å²) < 4.78 is 16.5. The summed E-state index contributed by atoms with van der Waals surface area (Å²) in [6, 6.07) is 6.48. The number of halogens is 1. The molecule has 7 heteroatoms. The molecule has 6 nitrogen and oxygen atoms in total. The highest BCUT2D eigenvalue weighted by Gasteiger charge is 2.29. The van der Waals surface area contributed by atoms with E-state index in [1.807, 2.05) is 6.07 Å². The van der Waals surface area contributed by atoms with E-state index in [2.05, 4.69) is 28.3 Å². The Morgan fingerprint density at radius 3 is 2.96 bits per heavy atom. The fraction of sp³-hybridized carbons (Fsp3) is 0.625. The molecule has 2 saturated heterocycles. The third-order valence-corrected chi connectivity index (χ3v) is 4.65. The van der Waals surface area contributed by atoms with Crippen LogP contribution in [0.2, 0.25) is 0 Å². The molecule has 3 N–H and O–H groups in total. The number of benzene rings is 1. The van der Waals surface area contributed by atoms with Crippen molar-refractivity contribution in [3.63, 3.8) is 0 Å². The third kappa shape index (κ3) is 3.72. The molecule has 3 unspecified atom stereocenters. The van der Waals surface area contributed by atoms with Gasteiger partial charge < -0.3 is 19.5 Å². The Balaban J connectivity index is 0.00000156. The van der Waals surface area contributed by atoms with Crippen LogP contribution in [0.1, 0.15) is 24.4 Å². The molecule has 0 aromatic heterocycles. The lowest BCUT2D eigenvalue weighted by molar-refractivity contribution is 0.109. The van der Waals surface area contributed by atoms with Gasteiger partial charge in [0, 0.05) is 32.2 Å². The van der Waals surface area contributed by atoms with Crippen molar-refractivity contribution in [3.8, 4) is 11.5 Å². The van der Waals surface area contributed by atoms with Crippen molar-refractivity contribution in [1.82, 2.24) is 16.2 Å². The predicted molar refractivity (Wildman–Crippen MR) is 89.0 cm³/mol. The Kier molecular flexibility index (Phi) is 5.61. The van der Waals surface area contributed by atoms with Crippen LogP contribution in [0.25, 0.3) is 0 Å². The summed E-state index contributed by atoms with van der Waals surface area (Å²) in [4.78, 5) is 0. The van der Waals surface area contributed by atoms with E-state index in [1.165, 1.54) is 18.4 Å². The van der Waals surface area contributed by atoms with E-state index >= 15 is 0 Å². The van der Waals surface area contributed by atoms with Gasteiger partial charge in [0.1, 0.15) is 0 Å². The first kappa shape index (κ1) is 16.8. The molecule has 0 saturated carbocycles. The average molecular weight is 342 g/mol. The van der Waals surface area contributed by atoms with Crippen LogP contribution < -0.4 is 25.6 Å². The van der Waals surface area contributed by atoms with E-state index in [4.69, 9.17) is 14.2 Å². The van der Waals surface area contributed by atoms with Crippen molar-refractivity contribution in [2.24, 2.45) is 5.92 Å². The van der Waals surface area contributed by atoms with Gasteiger partial charge in [0.05, 0.1) is 12.1 Å². The number of rotatable bonds is 5. The number of ether oxygens (including phenoxy) is 3. The van der Waals surface area contributed by atoms with Crippen molar-refractivity contribution in [2.45, 2.75) is 25.0 Å². The molecule has 0 spiro atoms. The lowest BCUT2D eigenvalue weighted by Crippen LogP contribution is -2.33. The maximum Gasteiger partial charge on any atom is 0.231 e. The third-order valence-electron chi connectivity index (χ3n) is 4.65. The van der Waals surface area contributed by atoms with Crippen LogP contribution in [0.4, 0.5) is 0 Å². The van der Waals surface area contributed by atoms with Gasteiger partial charge in [0.15, 0.2) is 11.5 Å². The molecule has 2 fully saturated rings. The zero-order valence-electron chi connectivity index (χ0n) is 13.0. The smallest absolute Gasteiger partial charge is 0.231 e. The first-order chi connectivity index (χ1) is 10.9. The Labute approximate surface area is 142 Å². The molecule has 3 atom stereocenters. The Bertz CT molecular complexity index is 525. The summed E-state index contributed by atoms with van der Waals surface area (Å²) in [7, 11) is 0. The molecule has 128 valence electrons. The van der Waals surface area contributed by atoms with Gasteiger partial charge in [-0.05, 0) is 30.5 Å². The van der Waals surface area contributed by atoms with Gasteiger partial charge in [0.25, 0.3) is 0 Å². The maximum atomic E-state index is 5.66. The monoisotopic (exact) mass is 341 g/mol. The van der Waals surface area contributed by atoms with Crippen LogP contribution >= 0.6 is 12.4 Å². The molecule has 0 amide bonds. The van der Waals surface area contributed by atoms with Crippen molar-refractivity contribution in [2.75, 3.05) is 33.0 Å². The normalized spacial score (nSPS) is 28.8. The van der Waals surface area contributed by atoms with Gasteiger partial charge in [-0.25, -0.2) is 5.43 Å². The van der Waals surface area contributed by atoms with E-state index in [-0.39, 0.29) is 18.4 Å². The van der Waals surface area contributed by atoms with Gasteiger partial charge in [-0.2, -0.15) is 0 Å². The molecule has 3 heterocycles. The molecular formula is C16H24ClN3O3. The second kappa shape index (κ2) is 7.68. The van der Waals surface area contributed by atoms with E-state index in [9.17, 15) is 0 Å². The number of fused-ring (bicyclic) bond motifs is 1. The summed E-state index contributed by atoms with van der Waals surface area (Å²) in [6.45, 7) is 4.11. The van der Waals surface area contributed by atoms with Crippen LogP contribution in [-0.4, -0.2) is 39.1 Å². The molecule has 1 aromatic carbocycles. The minimum absolute atomic E-state index is 0. The molecular weight excluding hydrogens is 318 g/mol. The van der Waals surface area contributed by atoms with Crippen LogP contribution in [0.3, 0.4) is 0 Å². The van der Waals surface area contributed by atoms with Crippen LogP contribution in [0, 0.1) is 5.92 Å². The Morgan fingerprint density at radius 1 is 1.17 bits per heavy atom. The first-order valence-corrected chi connectivity index (χ1v) is 8.10. The minimum atomic E-state index is 0. The van der Waals surface area contributed by atoms with Crippen molar-refractivity contribution < 1.29 is 14.2 Å². The zero-order chi connectivity index (χ0) is 14.8. The van der Waals surface area contributed by atoms with Gasteiger partial charge in [0.2, 0.25) is 6.79 Å². The number of hydrazine groups is 1. The largest absolute Gasteiger partial charge is 0.454 e. The van der Waals surface area contributed by atoms with Gasteiger partial charge in [-0.1, -0.05) is 6.07 Å². The predicted octanol–water partition coefficient (Wildman–Crippen LogP) is 1.37. The second-order valence-corrected chi connectivity index (χ2v) is 6.17. The molecule has 3 aliphatic heterocycles. The summed E-state index contributed by atoms with van der Waals surface area (Å²) >= 11 is 0. The van der Waals surface area contributed by atoms with Crippen LogP contribution in [0.5, 0.6) is 11.5 Å². The van der Waals surface area contributed by atoms with Crippen molar-refractivity contribution in [3.05, 3.63) is 23.8 Å². The van der Waals surface area contributed by atoms with Crippen molar-refractivity contribution in [1.29, 1.82) is 0 Å². The summed E-state index contributed by atoms with van der Waals surface area (Å²) in [5, 5.41) is 3.56. The fourth-order valence-electron chi connectivity index (χ4n) is 3.42. The summed E-state index contributed by atoms with van der Waals surface area (Å²) in [5.74, 6) is 2.18. The highest BCUT2D eigenvalue weighted by Crippen LogP contribution is 2.36. The van der Waals surface area contributed by atoms with Crippen LogP contribution in [0.15, 0.2) is 18.2 Å². The quantitative estimate of drug-likeness (QED) is 0.752. The maximum absolute atomic E-state index is 5.66. The highest BCUT2D eigenvalue weighted by molar-refractivity contribution is 5.85. The van der Waals surface area contributed by atoms with Gasteiger partial charge in [-0.15, -0.1) is 12.4 Å². The summed E-state index contributed by atoms with van der Waals surface area (Å²) in [5.41, 5.74) is 7.88. The lowest BCUT2D eigenvalue weighted by atomic mass is 9.94.